The molecule has 0 heterocycles. The molecule has 0 saturated heterocycles. The minimum absolute atomic E-state index is 0.174. The minimum atomic E-state index is -1.14. The Bertz CT molecular complexity index is 644. The highest BCUT2D eigenvalue weighted by Gasteiger charge is 2.69. The van der Waals surface area contributed by atoms with Crippen molar-refractivity contribution < 1.29 is 19.1 Å². The van der Waals surface area contributed by atoms with Crippen molar-refractivity contribution in [2.75, 3.05) is 11.9 Å². The monoisotopic (exact) mass is 343 g/mol. The number of carbonyl (C=O) groups excluding carboxylic acids is 3. The predicted octanol–water partition coefficient (Wildman–Crippen LogP) is 2.95. The normalized spacial score (nSPS) is 21.8. The maximum Gasteiger partial charge on any atom is 0.315 e. The van der Waals surface area contributed by atoms with Gasteiger partial charge in [-0.2, -0.15) is 0 Å². The first-order valence-electron chi connectivity index (χ1n) is 6.62. The summed E-state index contributed by atoms with van der Waals surface area (Å²) in [6.07, 6.45) is 0.288. The molecule has 0 radical (unpaired) electrons. The van der Waals surface area contributed by atoms with E-state index in [-0.39, 0.29) is 12.2 Å². The van der Waals surface area contributed by atoms with Crippen LogP contribution in [0, 0.1) is 5.41 Å². The molecule has 1 N–H and O–H groups in total. The number of amides is 1. The van der Waals surface area contributed by atoms with Crippen LogP contribution >= 0.6 is 23.2 Å². The lowest BCUT2D eigenvalue weighted by Gasteiger charge is -2.12. The van der Waals surface area contributed by atoms with Gasteiger partial charge in [0.1, 0.15) is 9.75 Å². The topological polar surface area (TPSA) is 72.5 Å². The van der Waals surface area contributed by atoms with Crippen molar-refractivity contribution in [2.45, 2.75) is 24.6 Å². The van der Waals surface area contributed by atoms with E-state index in [1.165, 1.54) is 6.92 Å². The Balaban J connectivity index is 1.92. The second-order valence-electron chi connectivity index (χ2n) is 5.44. The molecule has 1 aromatic carbocycles. The standard InChI is InChI=1S/C15H15Cl2NO4/c1-9(19)10-5-3-4-6-11(10)18-12(20)7-22-13(21)14(2)8-15(14,16)17/h3-6H,7-8H2,1-2H3,(H,18,20)/t14-/m1/s1. The summed E-state index contributed by atoms with van der Waals surface area (Å²) in [4.78, 5) is 35.1. The quantitative estimate of drug-likeness (QED) is 0.506. The maximum absolute atomic E-state index is 11.8. The molecule has 0 unspecified atom stereocenters. The van der Waals surface area contributed by atoms with Gasteiger partial charge in [0.15, 0.2) is 12.4 Å². The summed E-state index contributed by atoms with van der Waals surface area (Å²) in [5.74, 6) is -1.33. The van der Waals surface area contributed by atoms with E-state index in [2.05, 4.69) is 5.32 Å². The van der Waals surface area contributed by atoms with E-state index in [9.17, 15) is 14.4 Å². The fraction of sp³-hybridized carbons (Fsp3) is 0.400. The number of ketones is 1. The van der Waals surface area contributed by atoms with E-state index >= 15 is 0 Å². The molecule has 1 atom stereocenters. The summed E-state index contributed by atoms with van der Waals surface area (Å²) in [6, 6.07) is 6.58. The molecule has 1 aliphatic rings. The number of Topliss-reactive ketones (excluding diaryl/α,β-unsaturated/α-hetero) is 1. The van der Waals surface area contributed by atoms with Crippen LogP contribution in [0.2, 0.25) is 0 Å². The Labute approximate surface area is 137 Å². The minimum Gasteiger partial charge on any atom is -0.455 e. The maximum atomic E-state index is 11.8. The zero-order valence-electron chi connectivity index (χ0n) is 12.1. The summed E-state index contributed by atoms with van der Waals surface area (Å²) in [7, 11) is 0. The number of para-hydroxylation sites is 1. The number of rotatable bonds is 5. The number of alkyl halides is 2. The van der Waals surface area contributed by atoms with Gasteiger partial charge in [0, 0.05) is 12.0 Å². The van der Waals surface area contributed by atoms with E-state index in [1.807, 2.05) is 0 Å². The van der Waals surface area contributed by atoms with Crippen molar-refractivity contribution in [1.29, 1.82) is 0 Å². The average Bonchev–Trinajstić information content (AvgIpc) is 2.96. The highest BCUT2D eigenvalue weighted by Crippen LogP contribution is 2.64. The van der Waals surface area contributed by atoms with Gasteiger partial charge in [-0.15, -0.1) is 23.2 Å². The van der Waals surface area contributed by atoms with Gasteiger partial charge < -0.3 is 10.1 Å². The average molecular weight is 344 g/mol. The van der Waals surface area contributed by atoms with Crippen molar-refractivity contribution in [3.63, 3.8) is 0 Å². The Morgan fingerprint density at radius 1 is 1.27 bits per heavy atom. The van der Waals surface area contributed by atoms with Crippen molar-refractivity contribution in [1.82, 2.24) is 0 Å². The first-order valence-corrected chi connectivity index (χ1v) is 7.38. The van der Waals surface area contributed by atoms with E-state index in [4.69, 9.17) is 27.9 Å². The molecular formula is C15H15Cl2NO4. The molecule has 5 nitrogen and oxygen atoms in total. The molecule has 1 aromatic rings. The van der Waals surface area contributed by atoms with Crippen molar-refractivity contribution in [3.05, 3.63) is 29.8 Å². The summed E-state index contributed by atoms with van der Waals surface area (Å²) >= 11 is 11.7. The first-order chi connectivity index (χ1) is 10.2. The summed E-state index contributed by atoms with van der Waals surface area (Å²) in [5, 5.41) is 2.54. The van der Waals surface area contributed by atoms with Gasteiger partial charge >= 0.3 is 5.97 Å². The summed E-state index contributed by atoms with van der Waals surface area (Å²) in [5.41, 5.74) is -0.220. The fourth-order valence-corrected chi connectivity index (χ4v) is 2.69. The second-order valence-corrected chi connectivity index (χ2v) is 6.92. The van der Waals surface area contributed by atoms with Gasteiger partial charge in [-0.25, -0.2) is 0 Å². The Morgan fingerprint density at radius 3 is 2.41 bits per heavy atom. The second kappa shape index (κ2) is 5.89. The number of anilines is 1. The van der Waals surface area contributed by atoms with Crippen LogP contribution in [0.3, 0.4) is 0 Å². The SMILES string of the molecule is CC(=O)c1ccccc1NC(=O)COC(=O)[C@@]1(C)CC1(Cl)Cl. The van der Waals surface area contributed by atoms with Crippen molar-refractivity contribution in [3.8, 4) is 0 Å². The van der Waals surface area contributed by atoms with E-state index in [0.29, 0.717) is 11.3 Å². The number of hydrogen-bond donors (Lipinski definition) is 1. The molecule has 1 fully saturated rings. The van der Waals surface area contributed by atoms with Gasteiger partial charge in [0.05, 0.1) is 5.69 Å². The lowest BCUT2D eigenvalue weighted by atomic mass is 10.1. The van der Waals surface area contributed by atoms with Crippen LogP contribution in [0.15, 0.2) is 24.3 Å². The molecule has 1 amide bonds. The molecule has 1 aliphatic carbocycles. The fourth-order valence-electron chi connectivity index (χ4n) is 2.00. The molecule has 0 spiro atoms. The molecule has 1 saturated carbocycles. The van der Waals surface area contributed by atoms with E-state index in [0.717, 1.165) is 0 Å². The van der Waals surface area contributed by atoms with Gasteiger partial charge in [-0.1, -0.05) is 12.1 Å². The van der Waals surface area contributed by atoms with E-state index in [1.54, 1.807) is 31.2 Å². The lowest BCUT2D eigenvalue weighted by molar-refractivity contribution is -0.152. The van der Waals surface area contributed by atoms with Crippen LogP contribution < -0.4 is 5.32 Å². The van der Waals surface area contributed by atoms with Crippen LogP contribution in [-0.2, 0) is 14.3 Å². The largest absolute Gasteiger partial charge is 0.455 e. The molecule has 0 aliphatic heterocycles. The Hall–Kier alpha value is -1.59. The number of carbonyl (C=O) groups is 3. The number of ether oxygens (including phenoxy) is 1. The van der Waals surface area contributed by atoms with Crippen LogP contribution in [0.5, 0.6) is 0 Å². The Kier molecular flexibility index (Phi) is 4.49. The van der Waals surface area contributed by atoms with Gasteiger partial charge in [-0.3, -0.25) is 14.4 Å². The molecule has 2 rings (SSSR count). The highest BCUT2D eigenvalue weighted by molar-refractivity contribution is 6.53. The van der Waals surface area contributed by atoms with Gasteiger partial charge in [-0.05, 0) is 26.0 Å². The number of esters is 1. The zero-order chi connectivity index (χ0) is 16.5. The smallest absolute Gasteiger partial charge is 0.315 e. The summed E-state index contributed by atoms with van der Waals surface area (Å²) in [6.45, 7) is 2.52. The van der Waals surface area contributed by atoms with Crippen molar-refractivity contribution in [2.24, 2.45) is 5.41 Å². The van der Waals surface area contributed by atoms with Crippen LogP contribution in [0.1, 0.15) is 30.6 Å². The first kappa shape index (κ1) is 16.8. The third kappa shape index (κ3) is 3.25. The third-order valence-electron chi connectivity index (χ3n) is 3.62. The van der Waals surface area contributed by atoms with Crippen molar-refractivity contribution >= 4 is 46.5 Å². The van der Waals surface area contributed by atoms with E-state index < -0.39 is 28.2 Å². The molecular weight excluding hydrogens is 329 g/mol. The van der Waals surface area contributed by atoms with Crippen LogP contribution in [-0.4, -0.2) is 28.6 Å². The predicted molar refractivity (Wildman–Crippen MR) is 83.2 cm³/mol. The Morgan fingerprint density at radius 2 is 1.86 bits per heavy atom. The van der Waals surface area contributed by atoms with Crippen LogP contribution in [0.4, 0.5) is 5.69 Å². The lowest BCUT2D eigenvalue weighted by Crippen LogP contribution is -2.27. The number of nitrogens with one attached hydrogen (secondary N) is 1. The number of hydrogen-bond acceptors (Lipinski definition) is 4. The molecule has 0 bridgehead atoms. The molecule has 22 heavy (non-hydrogen) atoms. The molecule has 118 valence electrons. The van der Waals surface area contributed by atoms with Crippen LogP contribution in [0.25, 0.3) is 0 Å². The molecule has 0 aromatic heterocycles. The van der Waals surface area contributed by atoms with Gasteiger partial charge in [0.2, 0.25) is 0 Å². The molecule has 7 heteroatoms. The zero-order valence-corrected chi connectivity index (χ0v) is 13.6. The number of benzene rings is 1. The number of halogens is 2. The third-order valence-corrected chi connectivity index (χ3v) is 4.72. The van der Waals surface area contributed by atoms with Gasteiger partial charge in [0.25, 0.3) is 5.91 Å². The summed E-state index contributed by atoms with van der Waals surface area (Å²) < 4.78 is 3.80. The highest BCUT2D eigenvalue weighted by atomic mass is 35.5.